The van der Waals surface area contributed by atoms with Gasteiger partial charge >= 0.3 is 0 Å². The number of para-hydroxylation sites is 3. The van der Waals surface area contributed by atoms with Gasteiger partial charge < -0.3 is 15.0 Å². The van der Waals surface area contributed by atoms with Gasteiger partial charge in [-0.25, -0.2) is 0 Å². The van der Waals surface area contributed by atoms with Crippen molar-refractivity contribution in [2.75, 3.05) is 23.3 Å². The molecule has 1 amide bonds. The lowest BCUT2D eigenvalue weighted by Crippen LogP contribution is -2.41. The number of benzene rings is 3. The lowest BCUT2D eigenvalue weighted by Gasteiger charge is -2.32. The topological polar surface area (TPSA) is 67.3 Å². The molecule has 0 bridgehead atoms. The summed E-state index contributed by atoms with van der Waals surface area (Å²) in [5.74, 6) is 1.99. The average molecular weight is 451 g/mol. The number of piperidine rings is 1. The molecule has 4 aromatic rings. The number of nitrogens with one attached hydrogen (secondary N) is 1. The normalized spacial score (nSPS) is 15.5. The van der Waals surface area contributed by atoms with Crippen LogP contribution in [0.3, 0.4) is 0 Å². The van der Waals surface area contributed by atoms with E-state index in [1.165, 1.54) is 0 Å². The summed E-state index contributed by atoms with van der Waals surface area (Å²) in [4.78, 5) is 15.3. The van der Waals surface area contributed by atoms with E-state index in [-0.39, 0.29) is 11.8 Å². The number of hydrogen-bond acceptors (Lipinski definition) is 5. The highest BCUT2D eigenvalue weighted by molar-refractivity contribution is 5.94. The largest absolute Gasteiger partial charge is 0.455 e. The third-order valence-corrected chi connectivity index (χ3v) is 5.95. The van der Waals surface area contributed by atoms with Crippen molar-refractivity contribution in [2.45, 2.75) is 12.8 Å². The van der Waals surface area contributed by atoms with Crippen LogP contribution >= 0.6 is 0 Å². The van der Waals surface area contributed by atoms with Crippen LogP contribution in [-0.2, 0) is 4.79 Å². The van der Waals surface area contributed by atoms with Gasteiger partial charge in [0.1, 0.15) is 5.75 Å². The van der Waals surface area contributed by atoms with Gasteiger partial charge in [0.2, 0.25) is 5.91 Å². The highest BCUT2D eigenvalue weighted by Crippen LogP contribution is 2.30. The van der Waals surface area contributed by atoms with Crippen LogP contribution in [0.2, 0.25) is 0 Å². The molecule has 1 saturated heterocycles. The highest BCUT2D eigenvalue weighted by atomic mass is 16.5. The molecular weight excluding hydrogens is 424 g/mol. The maximum absolute atomic E-state index is 13.2. The number of hydrogen-bond donors (Lipinski definition) is 1. The van der Waals surface area contributed by atoms with Crippen molar-refractivity contribution in [3.8, 4) is 22.8 Å². The zero-order chi connectivity index (χ0) is 23.2. The third-order valence-electron chi connectivity index (χ3n) is 5.95. The van der Waals surface area contributed by atoms with E-state index in [1.54, 1.807) is 0 Å². The summed E-state index contributed by atoms with van der Waals surface area (Å²) in [6.07, 6.45) is 1.75. The van der Waals surface area contributed by atoms with Gasteiger partial charge in [-0.05, 0) is 49.2 Å². The van der Waals surface area contributed by atoms with E-state index in [2.05, 4.69) is 20.4 Å². The summed E-state index contributed by atoms with van der Waals surface area (Å²) in [6.45, 7) is 1.46. The number of nitrogens with zero attached hydrogens (tertiary/aromatic N) is 3. The molecule has 170 valence electrons. The smallest absolute Gasteiger partial charge is 0.229 e. The molecule has 1 aliphatic rings. The van der Waals surface area contributed by atoms with Gasteiger partial charge in [-0.2, -0.15) is 0 Å². The Balaban J connectivity index is 1.25. The predicted octanol–water partition coefficient (Wildman–Crippen LogP) is 5.79. The highest BCUT2D eigenvalue weighted by Gasteiger charge is 2.27. The molecule has 1 fully saturated rings. The fourth-order valence-corrected chi connectivity index (χ4v) is 4.17. The number of aromatic nitrogens is 2. The molecule has 1 N–H and O–H groups in total. The fraction of sp³-hybridized carbons (Fsp3) is 0.179. The zero-order valence-electron chi connectivity index (χ0n) is 18.8. The van der Waals surface area contributed by atoms with Gasteiger partial charge in [0.15, 0.2) is 11.6 Å². The number of carbonyl (C=O) groups excluding carboxylic acids is 1. The second-order valence-corrected chi connectivity index (χ2v) is 8.33. The Morgan fingerprint density at radius 2 is 1.59 bits per heavy atom. The van der Waals surface area contributed by atoms with Crippen molar-refractivity contribution in [2.24, 2.45) is 5.92 Å². The van der Waals surface area contributed by atoms with E-state index in [9.17, 15) is 4.79 Å². The molecule has 1 unspecified atom stereocenters. The second kappa shape index (κ2) is 10.2. The first-order valence-corrected chi connectivity index (χ1v) is 11.5. The molecule has 0 radical (unpaired) electrons. The van der Waals surface area contributed by atoms with Crippen LogP contribution in [0.4, 0.5) is 11.5 Å². The SMILES string of the molecule is O=C(Nc1ccccc1Oc1ccccc1)C1CCCN(c2ccc(-c3ccccc3)nn2)C1. The summed E-state index contributed by atoms with van der Waals surface area (Å²) in [7, 11) is 0. The molecule has 6 nitrogen and oxygen atoms in total. The van der Waals surface area contributed by atoms with E-state index in [0.29, 0.717) is 18.0 Å². The van der Waals surface area contributed by atoms with Crippen LogP contribution in [0.25, 0.3) is 11.3 Å². The molecule has 5 rings (SSSR count). The first-order valence-electron chi connectivity index (χ1n) is 11.5. The van der Waals surface area contributed by atoms with Crippen molar-refractivity contribution in [3.05, 3.63) is 97.1 Å². The summed E-state index contributed by atoms with van der Waals surface area (Å²) in [6, 6.07) is 31.0. The van der Waals surface area contributed by atoms with Crippen LogP contribution in [0, 0.1) is 5.92 Å². The van der Waals surface area contributed by atoms with Crippen LogP contribution in [0.15, 0.2) is 97.1 Å². The lowest BCUT2D eigenvalue weighted by molar-refractivity contribution is -0.120. The fourth-order valence-electron chi connectivity index (χ4n) is 4.17. The molecular formula is C28H26N4O2. The lowest BCUT2D eigenvalue weighted by atomic mass is 9.97. The standard InChI is InChI=1S/C28H26N4O2/c33-28(29-25-15-7-8-16-26(25)34-23-13-5-2-6-14-23)22-12-9-19-32(20-22)27-18-17-24(30-31-27)21-10-3-1-4-11-21/h1-8,10-11,13-18,22H,9,12,19-20H2,(H,29,33). The number of rotatable bonds is 6. The van der Waals surface area contributed by atoms with Crippen molar-refractivity contribution in [1.82, 2.24) is 10.2 Å². The summed E-state index contributed by atoms with van der Waals surface area (Å²) in [5.41, 5.74) is 2.54. The van der Waals surface area contributed by atoms with E-state index >= 15 is 0 Å². The first kappa shape index (κ1) is 21.6. The van der Waals surface area contributed by atoms with Crippen molar-refractivity contribution in [1.29, 1.82) is 0 Å². The average Bonchev–Trinajstić information content (AvgIpc) is 2.91. The van der Waals surface area contributed by atoms with Gasteiger partial charge in [0.05, 0.1) is 17.3 Å². The Bertz CT molecular complexity index is 1230. The Morgan fingerprint density at radius 3 is 2.35 bits per heavy atom. The monoisotopic (exact) mass is 450 g/mol. The van der Waals surface area contributed by atoms with E-state index < -0.39 is 0 Å². The second-order valence-electron chi connectivity index (χ2n) is 8.33. The molecule has 34 heavy (non-hydrogen) atoms. The van der Waals surface area contributed by atoms with E-state index in [4.69, 9.17) is 4.74 Å². The molecule has 1 atom stereocenters. The van der Waals surface area contributed by atoms with Gasteiger partial charge in [0.25, 0.3) is 0 Å². The molecule has 1 aliphatic heterocycles. The van der Waals surface area contributed by atoms with E-state index in [0.717, 1.165) is 42.2 Å². The van der Waals surface area contributed by atoms with Crippen LogP contribution in [0.5, 0.6) is 11.5 Å². The van der Waals surface area contributed by atoms with Crippen molar-refractivity contribution in [3.63, 3.8) is 0 Å². The predicted molar refractivity (Wildman–Crippen MR) is 134 cm³/mol. The zero-order valence-corrected chi connectivity index (χ0v) is 18.8. The molecule has 1 aromatic heterocycles. The van der Waals surface area contributed by atoms with Gasteiger partial charge in [-0.3, -0.25) is 4.79 Å². The Kier molecular flexibility index (Phi) is 6.47. The van der Waals surface area contributed by atoms with Gasteiger partial charge in [-0.1, -0.05) is 60.7 Å². The molecule has 0 aliphatic carbocycles. The van der Waals surface area contributed by atoms with Crippen molar-refractivity contribution >= 4 is 17.4 Å². The Labute approximate surface area is 199 Å². The maximum Gasteiger partial charge on any atom is 0.229 e. The maximum atomic E-state index is 13.2. The summed E-state index contributed by atoms with van der Waals surface area (Å²) in [5, 5.41) is 11.9. The minimum atomic E-state index is -0.144. The number of ether oxygens (including phenoxy) is 1. The first-order chi connectivity index (χ1) is 16.8. The third kappa shape index (κ3) is 5.07. The molecule has 0 spiro atoms. The summed E-state index contributed by atoms with van der Waals surface area (Å²) < 4.78 is 5.99. The Hall–Kier alpha value is -4.19. The van der Waals surface area contributed by atoms with Gasteiger partial charge in [-0.15, -0.1) is 10.2 Å². The van der Waals surface area contributed by atoms with E-state index in [1.807, 2.05) is 97.1 Å². The van der Waals surface area contributed by atoms with Crippen LogP contribution in [0.1, 0.15) is 12.8 Å². The minimum Gasteiger partial charge on any atom is -0.455 e. The van der Waals surface area contributed by atoms with Gasteiger partial charge in [0, 0.05) is 18.7 Å². The quantitative estimate of drug-likeness (QED) is 0.403. The van der Waals surface area contributed by atoms with Crippen LogP contribution < -0.4 is 15.0 Å². The molecule has 2 heterocycles. The Morgan fingerprint density at radius 1 is 0.853 bits per heavy atom. The summed E-state index contributed by atoms with van der Waals surface area (Å²) >= 11 is 0. The van der Waals surface area contributed by atoms with Crippen molar-refractivity contribution < 1.29 is 9.53 Å². The number of anilines is 2. The van der Waals surface area contributed by atoms with Crippen LogP contribution in [-0.4, -0.2) is 29.2 Å². The number of carbonyl (C=O) groups is 1. The molecule has 3 aromatic carbocycles. The minimum absolute atomic E-state index is 0.0114. The number of amides is 1. The molecule has 0 saturated carbocycles. The molecule has 6 heteroatoms.